The molecule has 0 aliphatic heterocycles. The van der Waals surface area contributed by atoms with Gasteiger partial charge in [-0.15, -0.1) is 11.6 Å². The molecule has 0 radical (unpaired) electrons. The van der Waals surface area contributed by atoms with Crippen molar-refractivity contribution < 1.29 is 0 Å². The zero-order chi connectivity index (χ0) is 11.4. The molecule has 1 saturated carbocycles. The van der Waals surface area contributed by atoms with Crippen molar-refractivity contribution in [3.05, 3.63) is 22.8 Å². The molecule has 1 aromatic rings. The fraction of sp³-hybridized carbons (Fsp3) is 0.583. The largest absolute Gasteiger partial charge is 0.362 e. The van der Waals surface area contributed by atoms with Gasteiger partial charge in [0.2, 0.25) is 0 Å². The van der Waals surface area contributed by atoms with E-state index in [1.807, 2.05) is 12.1 Å². The summed E-state index contributed by atoms with van der Waals surface area (Å²) < 4.78 is 1.00. The Hall–Kier alpha value is -0.280. The number of nitrogens with zero attached hydrogens (tertiary/aromatic N) is 1. The van der Waals surface area contributed by atoms with Gasteiger partial charge in [0.15, 0.2) is 0 Å². The van der Waals surface area contributed by atoms with Gasteiger partial charge in [0, 0.05) is 12.1 Å². The number of nitrogens with one attached hydrogen (secondary N) is 1. The third kappa shape index (κ3) is 2.69. The molecule has 0 spiro atoms. The van der Waals surface area contributed by atoms with Crippen LogP contribution in [-0.4, -0.2) is 16.4 Å². The van der Waals surface area contributed by atoms with E-state index < -0.39 is 0 Å². The molecule has 0 bridgehead atoms. The lowest BCUT2D eigenvalue weighted by molar-refractivity contribution is 0.352. The van der Waals surface area contributed by atoms with Crippen LogP contribution in [0.15, 0.2) is 22.8 Å². The molecule has 1 aliphatic rings. The normalized spacial score (nSPS) is 19.4. The van der Waals surface area contributed by atoms with Gasteiger partial charge < -0.3 is 5.32 Å². The lowest BCUT2D eigenvalue weighted by Crippen LogP contribution is -2.42. The molecule has 0 saturated heterocycles. The molecule has 0 atom stereocenters. The first-order valence-electron chi connectivity index (χ1n) is 5.70. The Balaban J connectivity index is 2.15. The minimum atomic E-state index is 0.0384. The smallest absolute Gasteiger partial charge is 0.140 e. The summed E-state index contributed by atoms with van der Waals surface area (Å²) >= 11 is 9.64. The minimum absolute atomic E-state index is 0.0384. The molecular weight excluding hydrogens is 288 g/mol. The minimum Gasteiger partial charge on any atom is -0.362 e. The van der Waals surface area contributed by atoms with E-state index in [1.54, 1.807) is 6.20 Å². The van der Waals surface area contributed by atoms with Gasteiger partial charge in [-0.05, 0) is 40.9 Å². The molecule has 0 unspecified atom stereocenters. The van der Waals surface area contributed by atoms with E-state index in [0.29, 0.717) is 5.88 Å². The van der Waals surface area contributed by atoms with E-state index in [2.05, 4.69) is 26.2 Å². The molecule has 1 heterocycles. The second-order valence-electron chi connectivity index (χ2n) is 4.43. The van der Waals surface area contributed by atoms with Crippen molar-refractivity contribution in [2.75, 3.05) is 11.2 Å². The first kappa shape index (κ1) is 12.2. The predicted molar refractivity (Wildman–Crippen MR) is 72.1 cm³/mol. The van der Waals surface area contributed by atoms with Gasteiger partial charge in [0.1, 0.15) is 5.82 Å². The Morgan fingerprint density at radius 1 is 1.38 bits per heavy atom. The second kappa shape index (κ2) is 5.37. The van der Waals surface area contributed by atoms with Crippen LogP contribution in [0.2, 0.25) is 0 Å². The zero-order valence-electron chi connectivity index (χ0n) is 9.18. The Morgan fingerprint density at radius 2 is 2.12 bits per heavy atom. The number of hydrogen-bond donors (Lipinski definition) is 1. The molecule has 4 heteroatoms. The number of rotatable bonds is 3. The predicted octanol–water partition coefficient (Wildman–Crippen LogP) is 4.20. The molecule has 2 nitrogen and oxygen atoms in total. The summed E-state index contributed by atoms with van der Waals surface area (Å²) in [6.07, 6.45) is 7.91. The van der Waals surface area contributed by atoms with Crippen molar-refractivity contribution in [2.24, 2.45) is 0 Å². The fourth-order valence-electron chi connectivity index (χ4n) is 2.25. The quantitative estimate of drug-likeness (QED) is 0.847. The molecule has 16 heavy (non-hydrogen) atoms. The highest BCUT2D eigenvalue weighted by Crippen LogP contribution is 2.33. The highest BCUT2D eigenvalue weighted by molar-refractivity contribution is 9.10. The van der Waals surface area contributed by atoms with Crippen molar-refractivity contribution in [3.8, 4) is 0 Å². The molecule has 2 rings (SSSR count). The van der Waals surface area contributed by atoms with Gasteiger partial charge in [-0.25, -0.2) is 4.98 Å². The SMILES string of the molecule is ClCC1(Nc2ncccc2Br)CCCCC1. The molecule has 0 aromatic carbocycles. The van der Waals surface area contributed by atoms with Crippen molar-refractivity contribution in [1.29, 1.82) is 0 Å². The van der Waals surface area contributed by atoms with Gasteiger partial charge in [0.05, 0.1) is 10.0 Å². The lowest BCUT2D eigenvalue weighted by atomic mass is 9.83. The van der Waals surface area contributed by atoms with Crippen molar-refractivity contribution in [2.45, 2.75) is 37.6 Å². The number of pyridine rings is 1. The van der Waals surface area contributed by atoms with Crippen molar-refractivity contribution >= 4 is 33.3 Å². The van der Waals surface area contributed by atoms with Gasteiger partial charge in [-0.1, -0.05) is 19.3 Å². The first-order valence-corrected chi connectivity index (χ1v) is 7.03. The summed E-state index contributed by atoms with van der Waals surface area (Å²) in [6.45, 7) is 0. The summed E-state index contributed by atoms with van der Waals surface area (Å²) in [7, 11) is 0. The van der Waals surface area contributed by atoms with Gasteiger partial charge in [0.25, 0.3) is 0 Å². The summed E-state index contributed by atoms with van der Waals surface area (Å²) in [4.78, 5) is 4.35. The van der Waals surface area contributed by atoms with Crippen LogP contribution in [0.25, 0.3) is 0 Å². The zero-order valence-corrected chi connectivity index (χ0v) is 11.5. The Labute approximate surface area is 110 Å². The number of anilines is 1. The number of alkyl halides is 1. The molecular formula is C12H16BrClN2. The highest BCUT2D eigenvalue weighted by Gasteiger charge is 2.31. The molecule has 1 aromatic heterocycles. The third-order valence-electron chi connectivity index (χ3n) is 3.21. The summed E-state index contributed by atoms with van der Waals surface area (Å²) in [5, 5.41) is 3.52. The van der Waals surface area contributed by atoms with Crippen LogP contribution >= 0.6 is 27.5 Å². The Kier molecular flexibility index (Phi) is 4.09. The lowest BCUT2D eigenvalue weighted by Gasteiger charge is -2.37. The van der Waals surface area contributed by atoms with E-state index in [1.165, 1.54) is 19.3 Å². The summed E-state index contributed by atoms with van der Waals surface area (Å²) in [5.74, 6) is 1.56. The van der Waals surface area contributed by atoms with E-state index >= 15 is 0 Å². The Morgan fingerprint density at radius 3 is 2.75 bits per heavy atom. The summed E-state index contributed by atoms with van der Waals surface area (Å²) in [5.41, 5.74) is 0.0384. The van der Waals surface area contributed by atoms with Crippen LogP contribution in [0, 0.1) is 0 Å². The Bertz CT molecular complexity index is 351. The average molecular weight is 304 g/mol. The van der Waals surface area contributed by atoms with Gasteiger partial charge in [-0.2, -0.15) is 0 Å². The molecule has 88 valence electrons. The molecule has 1 N–H and O–H groups in total. The van der Waals surface area contributed by atoms with Gasteiger partial charge in [-0.3, -0.25) is 0 Å². The topological polar surface area (TPSA) is 24.9 Å². The molecule has 1 fully saturated rings. The van der Waals surface area contributed by atoms with E-state index in [-0.39, 0.29) is 5.54 Å². The highest BCUT2D eigenvalue weighted by atomic mass is 79.9. The first-order chi connectivity index (χ1) is 7.76. The van der Waals surface area contributed by atoms with Crippen LogP contribution in [0.4, 0.5) is 5.82 Å². The fourth-order valence-corrected chi connectivity index (χ4v) is 2.94. The van der Waals surface area contributed by atoms with Crippen LogP contribution in [0.5, 0.6) is 0 Å². The van der Waals surface area contributed by atoms with E-state index in [4.69, 9.17) is 11.6 Å². The molecule has 1 aliphatic carbocycles. The third-order valence-corrected chi connectivity index (χ3v) is 4.36. The maximum Gasteiger partial charge on any atom is 0.140 e. The number of aromatic nitrogens is 1. The monoisotopic (exact) mass is 302 g/mol. The van der Waals surface area contributed by atoms with Crippen LogP contribution < -0.4 is 5.32 Å². The number of halogens is 2. The second-order valence-corrected chi connectivity index (χ2v) is 5.56. The van der Waals surface area contributed by atoms with Crippen LogP contribution in [-0.2, 0) is 0 Å². The standard InChI is InChI=1S/C12H16BrClN2/c13-10-5-4-8-15-11(10)16-12(9-14)6-2-1-3-7-12/h4-5,8H,1-3,6-7,9H2,(H,15,16). The van der Waals surface area contributed by atoms with Crippen molar-refractivity contribution in [1.82, 2.24) is 4.98 Å². The van der Waals surface area contributed by atoms with E-state index in [0.717, 1.165) is 23.1 Å². The maximum atomic E-state index is 6.13. The maximum absolute atomic E-state index is 6.13. The van der Waals surface area contributed by atoms with Crippen molar-refractivity contribution in [3.63, 3.8) is 0 Å². The number of hydrogen-bond acceptors (Lipinski definition) is 2. The summed E-state index contributed by atoms with van der Waals surface area (Å²) in [6, 6.07) is 3.92. The van der Waals surface area contributed by atoms with E-state index in [9.17, 15) is 0 Å². The van der Waals surface area contributed by atoms with Gasteiger partial charge >= 0.3 is 0 Å². The molecule has 0 amide bonds. The van der Waals surface area contributed by atoms with Crippen LogP contribution in [0.3, 0.4) is 0 Å². The average Bonchev–Trinajstić information content (AvgIpc) is 2.33. The van der Waals surface area contributed by atoms with Crippen LogP contribution in [0.1, 0.15) is 32.1 Å².